The number of aliphatic hydroxyl groups excluding tert-OH is 1. The molecule has 1 fully saturated rings. The highest BCUT2D eigenvalue weighted by Gasteiger charge is 2.28. The van der Waals surface area contributed by atoms with Gasteiger partial charge in [0.05, 0.1) is 5.56 Å². The van der Waals surface area contributed by atoms with Crippen molar-refractivity contribution in [2.24, 2.45) is 5.73 Å². The van der Waals surface area contributed by atoms with Gasteiger partial charge in [-0.1, -0.05) is 12.1 Å². The molecule has 1 aliphatic rings. The van der Waals surface area contributed by atoms with Gasteiger partial charge >= 0.3 is 0 Å². The van der Waals surface area contributed by atoms with Crippen molar-refractivity contribution in [3.8, 4) is 0 Å². The number of amides is 2. The fourth-order valence-corrected chi connectivity index (χ4v) is 2.94. The van der Waals surface area contributed by atoms with Gasteiger partial charge in [-0.2, -0.15) is 0 Å². The molecule has 0 bridgehead atoms. The van der Waals surface area contributed by atoms with Crippen LogP contribution in [0, 0.1) is 5.82 Å². The van der Waals surface area contributed by atoms with Gasteiger partial charge in [0.15, 0.2) is 6.10 Å². The molecule has 0 unspecified atom stereocenters. The van der Waals surface area contributed by atoms with E-state index in [0.717, 1.165) is 0 Å². The standard InChI is InChI=1S/C18H19FN4O3/c19-13-5-3-12(4-6-13)15(24)18(26)23-10-8-22(9-11-23)17-14(16(20)25)2-1-7-21-17/h1-7,15,24H,8-11H2,(H2,20,25)/t15-/m0/s1. The molecule has 1 aromatic heterocycles. The van der Waals surface area contributed by atoms with Crippen molar-refractivity contribution in [2.45, 2.75) is 6.10 Å². The number of carbonyl (C=O) groups excluding carboxylic acids is 2. The number of hydrogen-bond donors (Lipinski definition) is 2. The van der Waals surface area contributed by atoms with E-state index >= 15 is 0 Å². The predicted octanol–water partition coefficient (Wildman–Crippen LogP) is 0.702. The highest BCUT2D eigenvalue weighted by Crippen LogP contribution is 2.21. The minimum atomic E-state index is -1.34. The Morgan fingerprint density at radius 3 is 2.38 bits per heavy atom. The summed E-state index contributed by atoms with van der Waals surface area (Å²) in [6, 6.07) is 8.44. The van der Waals surface area contributed by atoms with Gasteiger partial charge in [0.25, 0.3) is 11.8 Å². The van der Waals surface area contributed by atoms with Crippen LogP contribution in [0.5, 0.6) is 0 Å². The number of primary amides is 1. The first-order valence-electron chi connectivity index (χ1n) is 8.19. The summed E-state index contributed by atoms with van der Waals surface area (Å²) < 4.78 is 13.0. The van der Waals surface area contributed by atoms with Crippen LogP contribution in [-0.2, 0) is 4.79 Å². The normalized spacial score (nSPS) is 15.6. The topological polar surface area (TPSA) is 99.8 Å². The molecule has 1 aliphatic heterocycles. The molecule has 7 nitrogen and oxygen atoms in total. The number of aliphatic hydroxyl groups is 1. The largest absolute Gasteiger partial charge is 0.378 e. The van der Waals surface area contributed by atoms with Crippen LogP contribution in [0.2, 0.25) is 0 Å². The van der Waals surface area contributed by atoms with Gasteiger partial charge in [-0.3, -0.25) is 9.59 Å². The molecule has 0 spiro atoms. The predicted molar refractivity (Wildman–Crippen MR) is 92.9 cm³/mol. The van der Waals surface area contributed by atoms with Crippen molar-refractivity contribution >= 4 is 17.6 Å². The van der Waals surface area contributed by atoms with E-state index in [2.05, 4.69) is 4.98 Å². The van der Waals surface area contributed by atoms with E-state index in [1.54, 1.807) is 18.3 Å². The van der Waals surface area contributed by atoms with Crippen molar-refractivity contribution in [1.82, 2.24) is 9.88 Å². The van der Waals surface area contributed by atoms with E-state index < -0.39 is 23.7 Å². The summed E-state index contributed by atoms with van der Waals surface area (Å²) in [4.78, 5) is 31.7. The van der Waals surface area contributed by atoms with Crippen molar-refractivity contribution < 1.29 is 19.1 Å². The first-order valence-corrected chi connectivity index (χ1v) is 8.19. The van der Waals surface area contributed by atoms with Crippen LogP contribution in [0.15, 0.2) is 42.6 Å². The number of halogens is 1. The number of benzene rings is 1. The summed E-state index contributed by atoms with van der Waals surface area (Å²) in [5.74, 6) is -0.931. The van der Waals surface area contributed by atoms with Gasteiger partial charge in [0.1, 0.15) is 11.6 Å². The zero-order valence-corrected chi connectivity index (χ0v) is 14.0. The van der Waals surface area contributed by atoms with Crippen LogP contribution in [0.3, 0.4) is 0 Å². The smallest absolute Gasteiger partial charge is 0.256 e. The Balaban J connectivity index is 1.66. The van der Waals surface area contributed by atoms with Crippen molar-refractivity contribution in [3.05, 3.63) is 59.5 Å². The van der Waals surface area contributed by atoms with Gasteiger partial charge in [-0.05, 0) is 29.8 Å². The molecule has 1 aromatic carbocycles. The molecule has 2 heterocycles. The number of pyridine rings is 1. The quantitative estimate of drug-likeness (QED) is 0.838. The Hall–Kier alpha value is -3.00. The second-order valence-electron chi connectivity index (χ2n) is 6.01. The van der Waals surface area contributed by atoms with Crippen LogP contribution in [0.1, 0.15) is 22.0 Å². The van der Waals surface area contributed by atoms with Gasteiger partial charge in [0, 0.05) is 32.4 Å². The van der Waals surface area contributed by atoms with E-state index in [0.29, 0.717) is 43.1 Å². The van der Waals surface area contributed by atoms with Gasteiger partial charge < -0.3 is 20.6 Å². The zero-order chi connectivity index (χ0) is 18.7. The third-order valence-corrected chi connectivity index (χ3v) is 4.36. The highest BCUT2D eigenvalue weighted by molar-refractivity contribution is 5.97. The Morgan fingerprint density at radius 1 is 1.12 bits per heavy atom. The first kappa shape index (κ1) is 17.8. The summed E-state index contributed by atoms with van der Waals surface area (Å²) >= 11 is 0. The van der Waals surface area contributed by atoms with Gasteiger partial charge in [0.2, 0.25) is 0 Å². The Bertz CT molecular complexity index is 804. The molecular formula is C18H19FN4O3. The molecule has 3 rings (SSSR count). The second-order valence-corrected chi connectivity index (χ2v) is 6.01. The van der Waals surface area contributed by atoms with E-state index in [1.807, 2.05) is 4.90 Å². The lowest BCUT2D eigenvalue weighted by Crippen LogP contribution is -2.50. The highest BCUT2D eigenvalue weighted by atomic mass is 19.1. The molecule has 1 atom stereocenters. The van der Waals surface area contributed by atoms with E-state index in [4.69, 9.17) is 5.73 Å². The average molecular weight is 358 g/mol. The maximum atomic E-state index is 13.0. The Kier molecular flexibility index (Phi) is 5.13. The van der Waals surface area contributed by atoms with E-state index in [1.165, 1.54) is 29.2 Å². The van der Waals surface area contributed by atoms with Crippen molar-refractivity contribution in [2.75, 3.05) is 31.1 Å². The van der Waals surface area contributed by atoms with Crippen LogP contribution in [-0.4, -0.2) is 53.0 Å². The summed E-state index contributed by atoms with van der Waals surface area (Å²) in [6.07, 6.45) is 0.246. The van der Waals surface area contributed by atoms with Crippen LogP contribution in [0.4, 0.5) is 10.2 Å². The second kappa shape index (κ2) is 7.49. The van der Waals surface area contributed by atoms with Crippen molar-refractivity contribution in [3.63, 3.8) is 0 Å². The molecule has 3 N–H and O–H groups in total. The number of rotatable bonds is 4. The molecule has 26 heavy (non-hydrogen) atoms. The van der Waals surface area contributed by atoms with Crippen LogP contribution in [0.25, 0.3) is 0 Å². The molecule has 2 aromatic rings. The molecule has 1 saturated heterocycles. The third kappa shape index (κ3) is 3.65. The minimum Gasteiger partial charge on any atom is -0.378 e. The average Bonchev–Trinajstić information content (AvgIpc) is 2.67. The maximum Gasteiger partial charge on any atom is 0.256 e. The summed E-state index contributed by atoms with van der Waals surface area (Å²) in [7, 11) is 0. The summed E-state index contributed by atoms with van der Waals surface area (Å²) in [5.41, 5.74) is 6.06. The number of hydrogen-bond acceptors (Lipinski definition) is 5. The van der Waals surface area contributed by atoms with Crippen LogP contribution >= 0.6 is 0 Å². The number of nitrogens with zero attached hydrogens (tertiary/aromatic N) is 3. The number of anilines is 1. The van der Waals surface area contributed by atoms with Crippen LogP contribution < -0.4 is 10.6 Å². The van der Waals surface area contributed by atoms with Gasteiger partial charge in [-0.15, -0.1) is 0 Å². The lowest BCUT2D eigenvalue weighted by atomic mass is 10.1. The summed E-state index contributed by atoms with van der Waals surface area (Å²) in [5, 5.41) is 10.2. The minimum absolute atomic E-state index is 0.332. The Morgan fingerprint density at radius 2 is 1.77 bits per heavy atom. The number of carbonyl (C=O) groups is 2. The fourth-order valence-electron chi connectivity index (χ4n) is 2.94. The first-order chi connectivity index (χ1) is 12.5. The van der Waals surface area contributed by atoms with E-state index in [9.17, 15) is 19.1 Å². The summed E-state index contributed by atoms with van der Waals surface area (Å²) in [6.45, 7) is 1.65. The molecule has 2 amide bonds. The Labute approximate surface area is 149 Å². The van der Waals surface area contributed by atoms with Gasteiger partial charge in [-0.25, -0.2) is 9.37 Å². The lowest BCUT2D eigenvalue weighted by Gasteiger charge is -2.36. The lowest BCUT2D eigenvalue weighted by molar-refractivity contribution is -0.140. The SMILES string of the molecule is NC(=O)c1cccnc1N1CCN(C(=O)[C@@H](O)c2ccc(F)cc2)CC1. The third-order valence-electron chi connectivity index (χ3n) is 4.36. The molecule has 0 saturated carbocycles. The zero-order valence-electron chi connectivity index (χ0n) is 14.0. The van der Waals surface area contributed by atoms with Crippen molar-refractivity contribution in [1.29, 1.82) is 0 Å². The molecule has 0 radical (unpaired) electrons. The number of nitrogens with two attached hydrogens (primary N) is 1. The van der Waals surface area contributed by atoms with E-state index in [-0.39, 0.29) is 0 Å². The molecule has 136 valence electrons. The molecule has 0 aliphatic carbocycles. The number of piperazine rings is 1. The fraction of sp³-hybridized carbons (Fsp3) is 0.278. The number of aromatic nitrogens is 1. The molecule has 8 heteroatoms. The monoisotopic (exact) mass is 358 g/mol. The molecular weight excluding hydrogens is 339 g/mol. The maximum absolute atomic E-state index is 13.0.